The van der Waals surface area contributed by atoms with Crippen molar-refractivity contribution < 1.29 is 0 Å². The van der Waals surface area contributed by atoms with E-state index in [9.17, 15) is 0 Å². The first-order valence-electron chi connectivity index (χ1n) is 14.1. The minimum Gasteiger partial charge on any atom is -0.135 e. The van der Waals surface area contributed by atoms with Gasteiger partial charge in [-0.2, -0.15) is 0 Å². The third-order valence-electron chi connectivity index (χ3n) is 8.64. The normalized spacial score (nSPS) is 11.9. The molecule has 0 aliphatic carbocycles. The molecule has 0 fully saturated rings. The average molecular weight is 537 g/mol. The monoisotopic (exact) mass is 536 g/mol. The second kappa shape index (κ2) is 8.76. The summed E-state index contributed by atoms with van der Waals surface area (Å²) in [6.45, 7) is 0. The summed E-state index contributed by atoms with van der Waals surface area (Å²) in [5.41, 5.74) is 5.17. The molecule has 0 spiro atoms. The summed E-state index contributed by atoms with van der Waals surface area (Å²) in [6, 6.07) is 53.7. The van der Waals surface area contributed by atoms with Gasteiger partial charge in [0.1, 0.15) is 0 Å². The van der Waals surface area contributed by atoms with Gasteiger partial charge < -0.3 is 0 Å². The number of rotatable bonds is 2. The molecule has 9 aromatic rings. The van der Waals surface area contributed by atoms with Crippen LogP contribution in [0.2, 0.25) is 0 Å². The summed E-state index contributed by atoms with van der Waals surface area (Å²) in [6.07, 6.45) is 0. The van der Waals surface area contributed by atoms with Crippen LogP contribution in [0.25, 0.3) is 85.5 Å². The van der Waals surface area contributed by atoms with Crippen molar-refractivity contribution in [2.24, 2.45) is 0 Å². The molecule has 41 heavy (non-hydrogen) atoms. The van der Waals surface area contributed by atoms with Crippen molar-refractivity contribution in [3.8, 4) is 22.3 Å². The lowest BCUT2D eigenvalue weighted by molar-refractivity contribution is 1.69. The fraction of sp³-hybridized carbons (Fsp3) is 0. The lowest BCUT2D eigenvalue weighted by Crippen LogP contribution is -1.91. The standard InChI is InChI=1S/C40H24S/c1-3-13-28-25(10-1)12-9-19-30(28)39-33-17-7-5-15-31(33)38(32-16-6-8-18-34(32)39)27-21-22-36-35(24-27)40-29-14-4-2-11-26(29)20-23-37(40)41-36/h1-24H. The van der Waals surface area contributed by atoms with E-state index in [1.165, 1.54) is 85.5 Å². The van der Waals surface area contributed by atoms with Crippen LogP contribution >= 0.6 is 11.3 Å². The van der Waals surface area contributed by atoms with E-state index in [1.807, 2.05) is 11.3 Å². The lowest BCUT2D eigenvalue weighted by atomic mass is 9.84. The third-order valence-corrected chi connectivity index (χ3v) is 9.77. The first-order valence-corrected chi connectivity index (χ1v) is 14.9. The van der Waals surface area contributed by atoms with Gasteiger partial charge in [-0.1, -0.05) is 127 Å². The molecule has 0 atom stereocenters. The molecule has 0 bridgehead atoms. The predicted molar refractivity (Wildman–Crippen MR) is 180 cm³/mol. The Morgan fingerprint density at radius 3 is 1.59 bits per heavy atom. The van der Waals surface area contributed by atoms with Gasteiger partial charge in [-0.25, -0.2) is 0 Å². The highest BCUT2D eigenvalue weighted by atomic mass is 32.1. The number of hydrogen-bond donors (Lipinski definition) is 0. The zero-order valence-corrected chi connectivity index (χ0v) is 23.1. The SMILES string of the molecule is c1ccc2c(-c3c4ccccc4c(-c4ccc5sc6ccc7ccccc7c6c5c4)c4ccccc34)cccc2c1. The zero-order chi connectivity index (χ0) is 26.9. The second-order valence-corrected chi connectivity index (χ2v) is 11.9. The molecule has 9 rings (SSSR count). The van der Waals surface area contributed by atoms with Crippen molar-refractivity contribution in [3.05, 3.63) is 146 Å². The highest BCUT2D eigenvalue weighted by Crippen LogP contribution is 2.47. The van der Waals surface area contributed by atoms with Gasteiger partial charge in [0, 0.05) is 20.2 Å². The zero-order valence-electron chi connectivity index (χ0n) is 22.3. The minimum atomic E-state index is 1.27. The molecule has 0 unspecified atom stereocenters. The van der Waals surface area contributed by atoms with Gasteiger partial charge in [0.05, 0.1) is 0 Å². The Balaban J connectivity index is 1.42. The molecule has 0 aliphatic rings. The molecule has 1 heterocycles. The predicted octanol–water partition coefficient (Wildman–Crippen LogP) is 12.0. The molecular weight excluding hydrogens is 513 g/mol. The highest BCUT2D eigenvalue weighted by Gasteiger charge is 2.18. The van der Waals surface area contributed by atoms with Crippen molar-refractivity contribution in [1.29, 1.82) is 0 Å². The summed E-state index contributed by atoms with van der Waals surface area (Å²) in [4.78, 5) is 0. The molecule has 0 amide bonds. The molecule has 8 aromatic carbocycles. The molecule has 0 saturated carbocycles. The Labute approximate surface area is 241 Å². The number of fused-ring (bicyclic) bond motifs is 8. The van der Waals surface area contributed by atoms with E-state index in [0.29, 0.717) is 0 Å². The van der Waals surface area contributed by atoms with Gasteiger partial charge in [-0.3, -0.25) is 0 Å². The topological polar surface area (TPSA) is 0 Å². The van der Waals surface area contributed by atoms with Crippen LogP contribution in [0.5, 0.6) is 0 Å². The second-order valence-electron chi connectivity index (χ2n) is 10.8. The summed E-state index contributed by atoms with van der Waals surface area (Å²) in [7, 11) is 0. The lowest BCUT2D eigenvalue weighted by Gasteiger charge is -2.19. The van der Waals surface area contributed by atoms with Crippen LogP contribution in [0, 0.1) is 0 Å². The smallest absolute Gasteiger partial charge is 0.0361 e. The Morgan fingerprint density at radius 2 is 0.878 bits per heavy atom. The quantitative estimate of drug-likeness (QED) is 0.193. The van der Waals surface area contributed by atoms with Crippen LogP contribution < -0.4 is 0 Å². The maximum absolute atomic E-state index is 2.44. The molecule has 1 heteroatoms. The van der Waals surface area contributed by atoms with Crippen LogP contribution in [-0.2, 0) is 0 Å². The van der Waals surface area contributed by atoms with E-state index in [0.717, 1.165) is 0 Å². The van der Waals surface area contributed by atoms with Gasteiger partial charge in [0.15, 0.2) is 0 Å². The molecule has 190 valence electrons. The Bertz CT molecular complexity index is 2410. The van der Waals surface area contributed by atoms with Crippen LogP contribution in [0.15, 0.2) is 146 Å². The van der Waals surface area contributed by atoms with Crippen LogP contribution in [-0.4, -0.2) is 0 Å². The largest absolute Gasteiger partial charge is 0.135 e. The van der Waals surface area contributed by atoms with E-state index in [4.69, 9.17) is 0 Å². The summed E-state index contributed by atoms with van der Waals surface area (Å²) >= 11 is 1.89. The molecule has 0 nitrogen and oxygen atoms in total. The molecular formula is C40H24S. The van der Waals surface area contributed by atoms with Crippen molar-refractivity contribution in [2.75, 3.05) is 0 Å². The van der Waals surface area contributed by atoms with Crippen molar-refractivity contribution in [2.45, 2.75) is 0 Å². The number of benzene rings is 8. The maximum atomic E-state index is 2.44. The van der Waals surface area contributed by atoms with Crippen LogP contribution in [0.1, 0.15) is 0 Å². The van der Waals surface area contributed by atoms with Gasteiger partial charge in [-0.15, -0.1) is 11.3 Å². The molecule has 0 N–H and O–H groups in total. The van der Waals surface area contributed by atoms with E-state index < -0.39 is 0 Å². The van der Waals surface area contributed by atoms with E-state index >= 15 is 0 Å². The van der Waals surface area contributed by atoms with Gasteiger partial charge >= 0.3 is 0 Å². The Kier molecular flexibility index (Phi) is 4.87. The van der Waals surface area contributed by atoms with E-state index in [1.54, 1.807) is 0 Å². The van der Waals surface area contributed by atoms with Gasteiger partial charge in [0.2, 0.25) is 0 Å². The fourth-order valence-electron chi connectivity index (χ4n) is 6.88. The fourth-order valence-corrected chi connectivity index (χ4v) is 7.98. The van der Waals surface area contributed by atoms with Crippen molar-refractivity contribution >= 4 is 74.6 Å². The molecule has 1 aromatic heterocycles. The van der Waals surface area contributed by atoms with E-state index in [-0.39, 0.29) is 0 Å². The third kappa shape index (κ3) is 3.33. The van der Waals surface area contributed by atoms with E-state index in [2.05, 4.69) is 146 Å². The number of hydrogen-bond acceptors (Lipinski definition) is 1. The average Bonchev–Trinajstić information content (AvgIpc) is 3.42. The summed E-state index contributed by atoms with van der Waals surface area (Å²) in [5.74, 6) is 0. The van der Waals surface area contributed by atoms with Crippen molar-refractivity contribution in [1.82, 2.24) is 0 Å². The van der Waals surface area contributed by atoms with Gasteiger partial charge in [0.25, 0.3) is 0 Å². The van der Waals surface area contributed by atoms with Gasteiger partial charge in [-0.05, 0) is 83.5 Å². The summed E-state index contributed by atoms with van der Waals surface area (Å²) < 4.78 is 2.68. The Hall–Kier alpha value is -4.98. The highest BCUT2D eigenvalue weighted by molar-refractivity contribution is 7.26. The van der Waals surface area contributed by atoms with Crippen molar-refractivity contribution in [3.63, 3.8) is 0 Å². The first-order chi connectivity index (χ1) is 20.3. The first kappa shape index (κ1) is 22.8. The van der Waals surface area contributed by atoms with Crippen LogP contribution in [0.3, 0.4) is 0 Å². The maximum Gasteiger partial charge on any atom is 0.0361 e. The Morgan fingerprint density at radius 1 is 0.341 bits per heavy atom. The molecule has 0 radical (unpaired) electrons. The minimum absolute atomic E-state index is 1.27. The van der Waals surface area contributed by atoms with Crippen LogP contribution in [0.4, 0.5) is 0 Å². The summed E-state index contributed by atoms with van der Waals surface area (Å²) in [5, 5.41) is 13.0. The molecule has 0 saturated heterocycles. The number of thiophene rings is 1. The molecule has 0 aliphatic heterocycles.